The van der Waals surface area contributed by atoms with Crippen molar-refractivity contribution in [2.45, 2.75) is 12.8 Å². The van der Waals surface area contributed by atoms with E-state index >= 15 is 0 Å². The Bertz CT molecular complexity index is 484. The van der Waals surface area contributed by atoms with E-state index in [0.29, 0.717) is 0 Å². The standard InChI is InChI=1S/C12H13NO/c1-13-10-6-3-2-5-9(10)12-11(13)7-4-8-14-12/h2-3,5-6H,4,7-8H2,1H3. The molecule has 2 heterocycles. The van der Waals surface area contributed by atoms with Crippen LogP contribution in [0.15, 0.2) is 24.3 Å². The Morgan fingerprint density at radius 3 is 3.07 bits per heavy atom. The van der Waals surface area contributed by atoms with E-state index in [0.717, 1.165) is 25.2 Å². The molecule has 0 bridgehead atoms. The van der Waals surface area contributed by atoms with Crippen LogP contribution in [-0.4, -0.2) is 11.2 Å². The van der Waals surface area contributed by atoms with Crippen LogP contribution >= 0.6 is 0 Å². The predicted octanol–water partition coefficient (Wildman–Crippen LogP) is 2.50. The van der Waals surface area contributed by atoms with E-state index in [1.165, 1.54) is 16.6 Å². The zero-order chi connectivity index (χ0) is 9.54. The third kappa shape index (κ3) is 0.910. The molecule has 2 aromatic rings. The first-order valence-corrected chi connectivity index (χ1v) is 5.07. The average Bonchev–Trinajstić information content (AvgIpc) is 2.55. The number of aromatic nitrogens is 1. The molecular formula is C12H13NO. The summed E-state index contributed by atoms with van der Waals surface area (Å²) in [7, 11) is 2.12. The second-order valence-corrected chi connectivity index (χ2v) is 3.80. The Hall–Kier alpha value is -1.44. The number of benzene rings is 1. The van der Waals surface area contributed by atoms with Gasteiger partial charge in [-0.3, -0.25) is 0 Å². The first-order chi connectivity index (χ1) is 6.88. The topological polar surface area (TPSA) is 14.2 Å². The Morgan fingerprint density at radius 1 is 1.29 bits per heavy atom. The van der Waals surface area contributed by atoms with Gasteiger partial charge in [-0.05, 0) is 25.0 Å². The smallest absolute Gasteiger partial charge is 0.148 e. The summed E-state index contributed by atoms with van der Waals surface area (Å²) in [6, 6.07) is 8.44. The average molecular weight is 187 g/mol. The van der Waals surface area contributed by atoms with Crippen molar-refractivity contribution >= 4 is 10.9 Å². The molecule has 1 aliphatic heterocycles. The highest BCUT2D eigenvalue weighted by atomic mass is 16.5. The summed E-state index contributed by atoms with van der Waals surface area (Å²) >= 11 is 0. The molecule has 0 saturated carbocycles. The van der Waals surface area contributed by atoms with Gasteiger partial charge in [-0.15, -0.1) is 0 Å². The van der Waals surface area contributed by atoms with Crippen molar-refractivity contribution < 1.29 is 4.74 Å². The van der Waals surface area contributed by atoms with Crippen LogP contribution in [-0.2, 0) is 13.5 Å². The number of aryl methyl sites for hydroxylation is 1. The highest BCUT2D eigenvalue weighted by Gasteiger charge is 2.18. The molecule has 0 saturated heterocycles. The van der Waals surface area contributed by atoms with Crippen molar-refractivity contribution in [1.29, 1.82) is 0 Å². The van der Waals surface area contributed by atoms with Crippen LogP contribution < -0.4 is 4.74 Å². The van der Waals surface area contributed by atoms with E-state index in [9.17, 15) is 0 Å². The number of hydrogen-bond acceptors (Lipinski definition) is 1. The minimum Gasteiger partial charge on any atom is -0.491 e. The van der Waals surface area contributed by atoms with Gasteiger partial charge in [0.15, 0.2) is 0 Å². The van der Waals surface area contributed by atoms with Gasteiger partial charge in [-0.2, -0.15) is 0 Å². The van der Waals surface area contributed by atoms with E-state index in [1.54, 1.807) is 0 Å². The molecule has 0 aliphatic carbocycles. The van der Waals surface area contributed by atoms with E-state index in [-0.39, 0.29) is 0 Å². The van der Waals surface area contributed by atoms with Gasteiger partial charge in [0.25, 0.3) is 0 Å². The van der Waals surface area contributed by atoms with Gasteiger partial charge in [0.2, 0.25) is 0 Å². The number of fused-ring (bicyclic) bond motifs is 3. The molecule has 14 heavy (non-hydrogen) atoms. The Kier molecular flexibility index (Phi) is 1.57. The third-order valence-electron chi connectivity index (χ3n) is 2.98. The zero-order valence-electron chi connectivity index (χ0n) is 8.29. The van der Waals surface area contributed by atoms with Gasteiger partial charge in [0.1, 0.15) is 5.75 Å². The fourth-order valence-corrected chi connectivity index (χ4v) is 2.27. The molecule has 3 rings (SSSR count). The molecule has 0 spiro atoms. The van der Waals surface area contributed by atoms with Gasteiger partial charge in [0.05, 0.1) is 17.8 Å². The molecule has 0 atom stereocenters. The van der Waals surface area contributed by atoms with Crippen molar-refractivity contribution in [1.82, 2.24) is 4.57 Å². The maximum Gasteiger partial charge on any atom is 0.148 e. The fourth-order valence-electron chi connectivity index (χ4n) is 2.27. The normalized spacial score (nSPS) is 15.2. The predicted molar refractivity (Wildman–Crippen MR) is 56.7 cm³/mol. The number of hydrogen-bond donors (Lipinski definition) is 0. The van der Waals surface area contributed by atoms with E-state index < -0.39 is 0 Å². The Balaban J connectivity index is 2.41. The van der Waals surface area contributed by atoms with Crippen LogP contribution in [0.2, 0.25) is 0 Å². The highest BCUT2D eigenvalue weighted by Crippen LogP contribution is 2.35. The zero-order valence-corrected chi connectivity index (χ0v) is 8.29. The van der Waals surface area contributed by atoms with Crippen LogP contribution in [0, 0.1) is 0 Å². The maximum absolute atomic E-state index is 5.74. The van der Waals surface area contributed by atoms with Gasteiger partial charge in [-0.1, -0.05) is 12.1 Å². The fraction of sp³-hybridized carbons (Fsp3) is 0.333. The lowest BCUT2D eigenvalue weighted by Crippen LogP contribution is -2.09. The molecule has 0 N–H and O–H groups in total. The molecule has 1 aromatic heterocycles. The van der Waals surface area contributed by atoms with E-state index in [1.807, 2.05) is 0 Å². The molecule has 2 nitrogen and oxygen atoms in total. The van der Waals surface area contributed by atoms with E-state index in [2.05, 4.69) is 35.9 Å². The summed E-state index contributed by atoms with van der Waals surface area (Å²) in [5.41, 5.74) is 2.62. The molecule has 0 unspecified atom stereocenters. The molecule has 0 radical (unpaired) electrons. The minimum atomic E-state index is 0.862. The number of nitrogens with zero attached hydrogens (tertiary/aromatic N) is 1. The largest absolute Gasteiger partial charge is 0.491 e. The second kappa shape index (κ2) is 2.77. The van der Waals surface area contributed by atoms with Crippen LogP contribution in [0.25, 0.3) is 10.9 Å². The quantitative estimate of drug-likeness (QED) is 0.618. The van der Waals surface area contributed by atoms with Crippen molar-refractivity contribution in [2.24, 2.45) is 7.05 Å². The number of rotatable bonds is 0. The van der Waals surface area contributed by atoms with Crippen molar-refractivity contribution in [3.63, 3.8) is 0 Å². The molecule has 0 amide bonds. The molecule has 1 aromatic carbocycles. The number of ether oxygens (including phenoxy) is 1. The lowest BCUT2D eigenvalue weighted by Gasteiger charge is -2.14. The van der Waals surface area contributed by atoms with Crippen molar-refractivity contribution in [2.75, 3.05) is 6.61 Å². The summed E-state index contributed by atoms with van der Waals surface area (Å²) in [6.07, 6.45) is 2.28. The molecular weight excluding hydrogens is 174 g/mol. The summed E-state index contributed by atoms with van der Waals surface area (Å²) < 4.78 is 7.99. The molecule has 72 valence electrons. The first-order valence-electron chi connectivity index (χ1n) is 5.07. The first kappa shape index (κ1) is 7.92. The van der Waals surface area contributed by atoms with Crippen molar-refractivity contribution in [3.8, 4) is 5.75 Å². The second-order valence-electron chi connectivity index (χ2n) is 3.80. The van der Waals surface area contributed by atoms with Gasteiger partial charge < -0.3 is 9.30 Å². The van der Waals surface area contributed by atoms with Gasteiger partial charge >= 0.3 is 0 Å². The van der Waals surface area contributed by atoms with Crippen LogP contribution in [0.4, 0.5) is 0 Å². The summed E-state index contributed by atoms with van der Waals surface area (Å²) in [5.74, 6) is 1.11. The monoisotopic (exact) mass is 187 g/mol. The SMILES string of the molecule is Cn1c2c(c3ccccc31)OCCC2. The van der Waals surface area contributed by atoms with Crippen molar-refractivity contribution in [3.05, 3.63) is 30.0 Å². The molecule has 2 heteroatoms. The number of para-hydroxylation sites is 1. The maximum atomic E-state index is 5.74. The van der Waals surface area contributed by atoms with Crippen LogP contribution in [0.3, 0.4) is 0 Å². The minimum absolute atomic E-state index is 0.862. The summed E-state index contributed by atoms with van der Waals surface area (Å²) in [6.45, 7) is 0.862. The van der Waals surface area contributed by atoms with E-state index in [4.69, 9.17) is 4.74 Å². The summed E-state index contributed by atoms with van der Waals surface area (Å²) in [4.78, 5) is 0. The highest BCUT2D eigenvalue weighted by molar-refractivity contribution is 5.88. The van der Waals surface area contributed by atoms with Gasteiger partial charge in [-0.25, -0.2) is 0 Å². The van der Waals surface area contributed by atoms with Crippen LogP contribution in [0.1, 0.15) is 12.1 Å². The lowest BCUT2D eigenvalue weighted by atomic mass is 10.1. The van der Waals surface area contributed by atoms with Crippen LogP contribution in [0.5, 0.6) is 5.75 Å². The molecule has 0 fully saturated rings. The third-order valence-corrected chi connectivity index (χ3v) is 2.98. The Morgan fingerprint density at radius 2 is 2.14 bits per heavy atom. The Labute approximate surface area is 83.1 Å². The molecule has 1 aliphatic rings. The lowest BCUT2D eigenvalue weighted by molar-refractivity contribution is 0.288. The summed E-state index contributed by atoms with van der Waals surface area (Å²) in [5, 5.41) is 1.25. The van der Waals surface area contributed by atoms with Gasteiger partial charge in [0, 0.05) is 12.4 Å².